The monoisotopic (exact) mass is 220 g/mol. The lowest BCUT2D eigenvalue weighted by molar-refractivity contribution is 0.0450. The van der Waals surface area contributed by atoms with Gasteiger partial charge in [0.05, 0.1) is 0 Å². The van der Waals surface area contributed by atoms with E-state index in [0.717, 1.165) is 11.8 Å². The molecule has 0 aromatic carbocycles. The Balaban J connectivity index is 2.41. The number of hydrogen-bond acceptors (Lipinski definition) is 0. The van der Waals surface area contributed by atoms with Gasteiger partial charge in [-0.3, -0.25) is 0 Å². The summed E-state index contributed by atoms with van der Waals surface area (Å²) in [4.78, 5) is 0. The summed E-state index contributed by atoms with van der Waals surface area (Å²) in [6, 6.07) is 0. The first-order chi connectivity index (χ1) is 7.30. The molecule has 0 N–H and O–H groups in total. The van der Waals surface area contributed by atoms with Gasteiger partial charge < -0.3 is 0 Å². The summed E-state index contributed by atoms with van der Waals surface area (Å²) in [6.45, 7) is 16.7. The molecule has 0 saturated heterocycles. The molecule has 0 radical (unpaired) electrons. The third kappa shape index (κ3) is 1.49. The maximum absolute atomic E-state index is 4.33. The molecule has 2 aliphatic rings. The molecule has 2 saturated carbocycles. The second-order valence-electron chi connectivity index (χ2n) is 7.24. The molecular formula is C16H28. The molecule has 92 valence electrons. The second kappa shape index (κ2) is 3.62. The van der Waals surface area contributed by atoms with Gasteiger partial charge in [-0.2, -0.15) is 0 Å². The molecule has 2 rings (SSSR count). The molecule has 0 amide bonds. The van der Waals surface area contributed by atoms with E-state index in [0.29, 0.717) is 16.7 Å². The lowest BCUT2D eigenvalue weighted by Gasteiger charge is -2.44. The van der Waals surface area contributed by atoms with E-state index in [1.807, 2.05) is 0 Å². The van der Waals surface area contributed by atoms with Crippen LogP contribution in [0.3, 0.4) is 0 Å². The van der Waals surface area contributed by atoms with E-state index >= 15 is 0 Å². The standard InChI is InChI=1S/C16H28/c1-11-9-10-16(6)12(2)7-8-14(16)15(4,5)13(11)3/h12-14H,1,7-10H2,2-6H3/t12?,13-,14?,16+/m0/s1. The lowest BCUT2D eigenvalue weighted by atomic mass is 9.60. The van der Waals surface area contributed by atoms with Crippen molar-refractivity contribution in [1.29, 1.82) is 0 Å². The van der Waals surface area contributed by atoms with Crippen molar-refractivity contribution in [1.82, 2.24) is 0 Å². The Bertz CT molecular complexity index is 299. The van der Waals surface area contributed by atoms with Gasteiger partial charge in [-0.15, -0.1) is 0 Å². The summed E-state index contributed by atoms with van der Waals surface area (Å²) < 4.78 is 0. The van der Waals surface area contributed by atoms with Gasteiger partial charge in [0.1, 0.15) is 0 Å². The SMILES string of the molecule is C=C1CC[C@]2(C)C(C)CCC2C(C)(C)[C@H]1C. The molecule has 2 unspecified atom stereocenters. The molecule has 0 heteroatoms. The van der Waals surface area contributed by atoms with Crippen LogP contribution in [0, 0.1) is 28.6 Å². The van der Waals surface area contributed by atoms with Gasteiger partial charge in [0.25, 0.3) is 0 Å². The third-order valence-corrected chi connectivity index (χ3v) is 6.42. The van der Waals surface area contributed by atoms with Crippen LogP contribution in [0.4, 0.5) is 0 Å². The van der Waals surface area contributed by atoms with E-state index in [1.54, 1.807) is 0 Å². The number of allylic oxidation sites excluding steroid dienone is 1. The van der Waals surface area contributed by atoms with Crippen molar-refractivity contribution in [2.75, 3.05) is 0 Å². The highest BCUT2D eigenvalue weighted by atomic mass is 14.6. The van der Waals surface area contributed by atoms with Crippen LogP contribution >= 0.6 is 0 Å². The molecule has 0 heterocycles. The Morgan fingerprint density at radius 2 is 1.75 bits per heavy atom. The highest BCUT2D eigenvalue weighted by Gasteiger charge is 2.53. The first-order valence-electron chi connectivity index (χ1n) is 6.98. The molecule has 2 aliphatic carbocycles. The van der Waals surface area contributed by atoms with Gasteiger partial charge in [0.15, 0.2) is 0 Å². The first kappa shape index (κ1) is 12.2. The van der Waals surface area contributed by atoms with E-state index in [4.69, 9.17) is 0 Å². The summed E-state index contributed by atoms with van der Waals surface area (Å²) in [5.41, 5.74) is 2.50. The van der Waals surface area contributed by atoms with E-state index in [1.165, 1.54) is 31.3 Å². The van der Waals surface area contributed by atoms with Crippen LogP contribution in [0.25, 0.3) is 0 Å². The van der Waals surface area contributed by atoms with Crippen molar-refractivity contribution in [3.63, 3.8) is 0 Å². The summed E-state index contributed by atoms with van der Waals surface area (Å²) in [5, 5.41) is 0. The van der Waals surface area contributed by atoms with Crippen LogP contribution in [-0.2, 0) is 0 Å². The molecule has 0 bridgehead atoms. The fourth-order valence-electron chi connectivity index (χ4n) is 4.54. The van der Waals surface area contributed by atoms with E-state index < -0.39 is 0 Å². The largest absolute Gasteiger partial charge is 0.0996 e. The number of fused-ring (bicyclic) bond motifs is 1. The Kier molecular flexibility index (Phi) is 2.76. The van der Waals surface area contributed by atoms with Gasteiger partial charge >= 0.3 is 0 Å². The Labute approximate surface area is 102 Å². The van der Waals surface area contributed by atoms with Gasteiger partial charge in [-0.25, -0.2) is 0 Å². The average Bonchev–Trinajstić information content (AvgIpc) is 2.49. The highest BCUT2D eigenvalue weighted by molar-refractivity contribution is 5.13. The maximum atomic E-state index is 4.33. The van der Waals surface area contributed by atoms with Crippen molar-refractivity contribution in [2.45, 2.75) is 60.3 Å². The number of hydrogen-bond donors (Lipinski definition) is 0. The van der Waals surface area contributed by atoms with Gasteiger partial charge in [-0.05, 0) is 54.3 Å². The minimum absolute atomic E-state index is 0.438. The normalized spacial score (nSPS) is 47.6. The third-order valence-electron chi connectivity index (χ3n) is 6.42. The zero-order valence-corrected chi connectivity index (χ0v) is 11.8. The van der Waals surface area contributed by atoms with Gasteiger partial charge in [0, 0.05) is 0 Å². The van der Waals surface area contributed by atoms with Crippen molar-refractivity contribution < 1.29 is 0 Å². The lowest BCUT2D eigenvalue weighted by Crippen LogP contribution is -2.38. The summed E-state index contributed by atoms with van der Waals surface area (Å²) >= 11 is 0. The summed E-state index contributed by atoms with van der Waals surface area (Å²) in [5.74, 6) is 2.48. The Morgan fingerprint density at radius 3 is 2.38 bits per heavy atom. The van der Waals surface area contributed by atoms with Crippen LogP contribution in [0.1, 0.15) is 60.3 Å². The molecule has 0 nitrogen and oxygen atoms in total. The molecular weight excluding hydrogens is 192 g/mol. The van der Waals surface area contributed by atoms with Crippen molar-refractivity contribution >= 4 is 0 Å². The van der Waals surface area contributed by atoms with Crippen LogP contribution in [0.15, 0.2) is 12.2 Å². The topological polar surface area (TPSA) is 0 Å². The van der Waals surface area contributed by atoms with Crippen molar-refractivity contribution in [3.05, 3.63) is 12.2 Å². The van der Waals surface area contributed by atoms with Crippen LogP contribution < -0.4 is 0 Å². The minimum atomic E-state index is 0.438. The maximum Gasteiger partial charge on any atom is -0.0180 e. The van der Waals surface area contributed by atoms with Crippen molar-refractivity contribution in [3.8, 4) is 0 Å². The zero-order chi connectivity index (χ0) is 12.1. The fourth-order valence-corrected chi connectivity index (χ4v) is 4.54. The summed E-state index contributed by atoms with van der Waals surface area (Å²) in [7, 11) is 0. The molecule has 4 atom stereocenters. The molecule has 0 aromatic heterocycles. The minimum Gasteiger partial charge on any atom is -0.0996 e. The fraction of sp³-hybridized carbons (Fsp3) is 0.875. The Morgan fingerprint density at radius 1 is 1.12 bits per heavy atom. The van der Waals surface area contributed by atoms with Gasteiger partial charge in [0.2, 0.25) is 0 Å². The summed E-state index contributed by atoms with van der Waals surface area (Å²) in [6.07, 6.45) is 5.49. The van der Waals surface area contributed by atoms with Gasteiger partial charge in [-0.1, -0.05) is 46.8 Å². The first-order valence-corrected chi connectivity index (χ1v) is 6.98. The van der Waals surface area contributed by atoms with Crippen LogP contribution in [0.5, 0.6) is 0 Å². The Hall–Kier alpha value is -0.260. The molecule has 2 fully saturated rings. The van der Waals surface area contributed by atoms with E-state index in [2.05, 4.69) is 41.2 Å². The zero-order valence-electron chi connectivity index (χ0n) is 11.8. The van der Waals surface area contributed by atoms with Crippen LogP contribution in [-0.4, -0.2) is 0 Å². The average molecular weight is 220 g/mol. The molecule has 0 spiro atoms. The molecule has 16 heavy (non-hydrogen) atoms. The molecule has 0 aliphatic heterocycles. The van der Waals surface area contributed by atoms with Crippen LogP contribution in [0.2, 0.25) is 0 Å². The predicted molar refractivity (Wildman–Crippen MR) is 71.3 cm³/mol. The van der Waals surface area contributed by atoms with E-state index in [-0.39, 0.29) is 0 Å². The highest BCUT2D eigenvalue weighted by Crippen LogP contribution is 2.62. The smallest absolute Gasteiger partial charge is 0.0180 e. The van der Waals surface area contributed by atoms with Crippen molar-refractivity contribution in [2.24, 2.45) is 28.6 Å². The van der Waals surface area contributed by atoms with E-state index in [9.17, 15) is 0 Å². The second-order valence-corrected chi connectivity index (χ2v) is 7.24. The number of rotatable bonds is 0. The predicted octanol–water partition coefficient (Wildman–Crippen LogP) is 5.05. The quantitative estimate of drug-likeness (QED) is 0.501. The molecule has 0 aromatic rings.